The van der Waals surface area contributed by atoms with Gasteiger partial charge in [0, 0.05) is 18.0 Å². The van der Waals surface area contributed by atoms with Gasteiger partial charge in [0.2, 0.25) is 0 Å². The van der Waals surface area contributed by atoms with Gasteiger partial charge in [-0.15, -0.1) is 23.1 Å². The highest BCUT2D eigenvalue weighted by molar-refractivity contribution is 7.98. The lowest BCUT2D eigenvalue weighted by atomic mass is 10.1. The largest absolute Gasteiger partial charge is 0.469 e. The number of carbonyl (C=O) groups is 2. The molecular formula is C24H29N3O4S2. The first kappa shape index (κ1) is 25.0. The van der Waals surface area contributed by atoms with Crippen LogP contribution in [0.2, 0.25) is 0 Å². The standard InChI is InChI=1S/C24H29N3O4S2/c1-7-27(11-15(4)24(30)31-6)23(29)20-16(5)19-21(28)25-18(26-22(19)33-20)12-32-17-10-13(2)8-9-14(17)3/h8-10,15H,7,11-12H2,1-6H3,(H,25,26,28). The molecule has 176 valence electrons. The van der Waals surface area contributed by atoms with Crippen molar-refractivity contribution in [1.29, 1.82) is 0 Å². The molecule has 33 heavy (non-hydrogen) atoms. The van der Waals surface area contributed by atoms with E-state index in [0.717, 1.165) is 4.90 Å². The van der Waals surface area contributed by atoms with E-state index in [9.17, 15) is 14.4 Å². The van der Waals surface area contributed by atoms with Crippen LogP contribution in [-0.4, -0.2) is 46.9 Å². The fraction of sp³-hybridized carbons (Fsp3) is 0.417. The number of esters is 1. The molecule has 1 aromatic carbocycles. The van der Waals surface area contributed by atoms with Crippen LogP contribution >= 0.6 is 23.1 Å². The van der Waals surface area contributed by atoms with E-state index in [1.807, 2.05) is 13.8 Å². The fourth-order valence-electron chi connectivity index (χ4n) is 3.58. The summed E-state index contributed by atoms with van der Waals surface area (Å²) in [5.74, 6) is 0.0833. The SMILES string of the molecule is CCN(CC(C)C(=O)OC)C(=O)c1sc2nc(CSc3cc(C)ccc3C)[nH]c(=O)c2c1C. The minimum Gasteiger partial charge on any atom is -0.469 e. The molecular weight excluding hydrogens is 458 g/mol. The van der Waals surface area contributed by atoms with Crippen LogP contribution in [0.3, 0.4) is 0 Å². The predicted molar refractivity (Wildman–Crippen MR) is 133 cm³/mol. The Hall–Kier alpha value is -2.65. The quantitative estimate of drug-likeness (QED) is 0.372. The molecule has 0 saturated heterocycles. The highest BCUT2D eigenvalue weighted by Gasteiger charge is 2.26. The molecule has 9 heteroatoms. The molecule has 0 saturated carbocycles. The molecule has 0 spiro atoms. The van der Waals surface area contributed by atoms with Crippen molar-refractivity contribution >= 4 is 45.2 Å². The number of aromatic amines is 1. The number of thioether (sulfide) groups is 1. The summed E-state index contributed by atoms with van der Waals surface area (Å²) in [6, 6.07) is 6.28. The summed E-state index contributed by atoms with van der Waals surface area (Å²) in [5.41, 5.74) is 2.73. The molecule has 1 N–H and O–H groups in total. The number of benzene rings is 1. The summed E-state index contributed by atoms with van der Waals surface area (Å²) in [5, 5.41) is 0.445. The second-order valence-electron chi connectivity index (χ2n) is 8.07. The highest BCUT2D eigenvalue weighted by atomic mass is 32.2. The number of rotatable bonds is 8. The van der Waals surface area contributed by atoms with Gasteiger partial charge in [-0.25, -0.2) is 4.98 Å². The number of amides is 1. The number of hydrogen-bond acceptors (Lipinski definition) is 7. The van der Waals surface area contributed by atoms with Crippen LogP contribution < -0.4 is 5.56 Å². The smallest absolute Gasteiger partial charge is 0.310 e. The number of H-pyrrole nitrogens is 1. The number of nitrogens with zero attached hydrogens (tertiary/aromatic N) is 2. The fourth-order valence-corrected chi connectivity index (χ4v) is 5.74. The second-order valence-corrected chi connectivity index (χ2v) is 10.1. The van der Waals surface area contributed by atoms with Crippen molar-refractivity contribution in [3.63, 3.8) is 0 Å². The second kappa shape index (κ2) is 10.5. The third kappa shape index (κ3) is 5.47. The Balaban J connectivity index is 1.88. The van der Waals surface area contributed by atoms with Crippen molar-refractivity contribution in [2.45, 2.75) is 45.3 Å². The molecule has 0 radical (unpaired) electrons. The molecule has 0 aliphatic rings. The van der Waals surface area contributed by atoms with Crippen LogP contribution in [0.4, 0.5) is 0 Å². The van der Waals surface area contributed by atoms with Crippen molar-refractivity contribution in [3.05, 3.63) is 55.9 Å². The number of nitrogens with one attached hydrogen (secondary N) is 1. The number of aryl methyl sites for hydroxylation is 3. The van der Waals surface area contributed by atoms with Crippen molar-refractivity contribution in [2.24, 2.45) is 5.92 Å². The van der Waals surface area contributed by atoms with Crippen LogP contribution in [-0.2, 0) is 15.3 Å². The lowest BCUT2D eigenvalue weighted by Crippen LogP contribution is -2.37. The Morgan fingerprint density at radius 2 is 2.00 bits per heavy atom. The number of hydrogen-bond donors (Lipinski definition) is 1. The zero-order valence-electron chi connectivity index (χ0n) is 19.8. The molecule has 1 unspecified atom stereocenters. The van der Waals surface area contributed by atoms with Gasteiger partial charge >= 0.3 is 5.97 Å². The van der Waals surface area contributed by atoms with E-state index >= 15 is 0 Å². The Bertz CT molecular complexity index is 1250. The molecule has 3 aromatic rings. The van der Waals surface area contributed by atoms with Gasteiger partial charge in [0.05, 0.1) is 29.0 Å². The number of aromatic nitrogens is 2. The van der Waals surface area contributed by atoms with Crippen LogP contribution in [0, 0.1) is 26.7 Å². The molecule has 0 aliphatic heterocycles. The molecule has 3 rings (SSSR count). The minimum absolute atomic E-state index is 0.209. The van der Waals surface area contributed by atoms with Crippen LogP contribution in [0.15, 0.2) is 27.9 Å². The summed E-state index contributed by atoms with van der Waals surface area (Å²) < 4.78 is 4.78. The normalized spacial score (nSPS) is 12.1. The average molecular weight is 488 g/mol. The van der Waals surface area contributed by atoms with Gasteiger partial charge in [0.15, 0.2) is 0 Å². The van der Waals surface area contributed by atoms with Crippen molar-refractivity contribution in [3.8, 4) is 0 Å². The molecule has 0 aliphatic carbocycles. The van der Waals surface area contributed by atoms with E-state index in [2.05, 4.69) is 35.1 Å². The predicted octanol–water partition coefficient (Wildman–Crippen LogP) is 4.47. The maximum absolute atomic E-state index is 13.2. The highest BCUT2D eigenvalue weighted by Crippen LogP contribution is 2.30. The average Bonchev–Trinajstić information content (AvgIpc) is 3.13. The van der Waals surface area contributed by atoms with E-state index in [-0.39, 0.29) is 24.0 Å². The van der Waals surface area contributed by atoms with Crippen molar-refractivity contribution in [1.82, 2.24) is 14.9 Å². The summed E-state index contributed by atoms with van der Waals surface area (Å²) in [7, 11) is 1.33. The van der Waals surface area contributed by atoms with E-state index < -0.39 is 5.92 Å². The van der Waals surface area contributed by atoms with Gasteiger partial charge in [-0.1, -0.05) is 24.6 Å². The topological polar surface area (TPSA) is 92.4 Å². The first-order chi connectivity index (χ1) is 15.7. The third-order valence-electron chi connectivity index (χ3n) is 5.52. The number of carbonyl (C=O) groups excluding carboxylic acids is 2. The Labute approximate surface area is 201 Å². The Morgan fingerprint density at radius 1 is 1.27 bits per heavy atom. The first-order valence-electron chi connectivity index (χ1n) is 10.8. The van der Waals surface area contributed by atoms with Crippen molar-refractivity contribution < 1.29 is 14.3 Å². The maximum atomic E-state index is 13.2. The molecule has 0 fully saturated rings. The van der Waals surface area contributed by atoms with E-state index in [1.54, 1.807) is 30.5 Å². The number of thiophene rings is 1. The Morgan fingerprint density at radius 3 is 2.67 bits per heavy atom. The van der Waals surface area contributed by atoms with Gasteiger partial charge in [-0.2, -0.15) is 0 Å². The molecule has 1 atom stereocenters. The molecule has 0 bridgehead atoms. The first-order valence-corrected chi connectivity index (χ1v) is 12.6. The zero-order chi connectivity index (χ0) is 24.3. The van der Waals surface area contributed by atoms with Crippen molar-refractivity contribution in [2.75, 3.05) is 20.2 Å². The number of methoxy groups -OCH3 is 1. The summed E-state index contributed by atoms with van der Waals surface area (Å²) in [6.07, 6.45) is 0. The van der Waals surface area contributed by atoms with Gasteiger partial charge in [0.1, 0.15) is 10.7 Å². The summed E-state index contributed by atoms with van der Waals surface area (Å²) >= 11 is 2.85. The van der Waals surface area contributed by atoms with Gasteiger partial charge in [-0.3, -0.25) is 14.4 Å². The zero-order valence-corrected chi connectivity index (χ0v) is 21.4. The van der Waals surface area contributed by atoms with Crippen LogP contribution in [0.5, 0.6) is 0 Å². The summed E-state index contributed by atoms with van der Waals surface area (Å²) in [4.78, 5) is 49.2. The third-order valence-corrected chi connectivity index (χ3v) is 7.86. The maximum Gasteiger partial charge on any atom is 0.310 e. The van der Waals surface area contributed by atoms with Crippen LogP contribution in [0.25, 0.3) is 10.2 Å². The van der Waals surface area contributed by atoms with E-state index in [0.29, 0.717) is 38.8 Å². The Kier molecular flexibility index (Phi) is 7.97. The van der Waals surface area contributed by atoms with Gasteiger partial charge in [0.25, 0.3) is 11.5 Å². The monoisotopic (exact) mass is 487 g/mol. The lowest BCUT2D eigenvalue weighted by molar-refractivity contribution is -0.145. The molecule has 7 nitrogen and oxygen atoms in total. The number of fused-ring (bicyclic) bond motifs is 1. The molecule has 2 aromatic heterocycles. The molecule has 1 amide bonds. The van der Waals surface area contributed by atoms with E-state index in [4.69, 9.17) is 4.74 Å². The van der Waals surface area contributed by atoms with Crippen LogP contribution in [0.1, 0.15) is 46.0 Å². The van der Waals surface area contributed by atoms with E-state index in [1.165, 1.54) is 29.6 Å². The minimum atomic E-state index is -0.441. The summed E-state index contributed by atoms with van der Waals surface area (Å²) in [6.45, 7) is 10.2. The number of ether oxygens (including phenoxy) is 1. The van der Waals surface area contributed by atoms with Gasteiger partial charge in [-0.05, 0) is 44.9 Å². The lowest BCUT2D eigenvalue weighted by Gasteiger charge is -2.23. The molecule has 2 heterocycles. The van der Waals surface area contributed by atoms with Gasteiger partial charge < -0.3 is 14.6 Å².